The summed E-state index contributed by atoms with van der Waals surface area (Å²) in [4.78, 5) is 8.44. The summed E-state index contributed by atoms with van der Waals surface area (Å²) in [6.07, 6.45) is 1.86. The smallest absolute Gasteiger partial charge is 0.115 e. The van der Waals surface area contributed by atoms with E-state index in [0.29, 0.717) is 0 Å². The van der Waals surface area contributed by atoms with Crippen molar-refractivity contribution in [3.05, 3.63) is 51.1 Å². The lowest BCUT2D eigenvalue weighted by molar-refractivity contribution is 1.05. The second-order valence-corrected chi connectivity index (χ2v) is 8.41. The van der Waals surface area contributed by atoms with E-state index in [0.717, 1.165) is 5.03 Å². The summed E-state index contributed by atoms with van der Waals surface area (Å²) in [6.45, 7) is 0. The van der Waals surface area contributed by atoms with Crippen molar-refractivity contribution in [1.82, 2.24) is 4.98 Å². The minimum Gasteiger partial charge on any atom is -0.248 e. The molecule has 18 heavy (non-hydrogen) atoms. The van der Waals surface area contributed by atoms with Crippen molar-refractivity contribution in [2.24, 2.45) is 0 Å². The first kappa shape index (κ1) is 11.3. The highest BCUT2D eigenvalue weighted by Crippen LogP contribution is 2.60. The van der Waals surface area contributed by atoms with Gasteiger partial charge in [-0.25, -0.2) is 4.98 Å². The Morgan fingerprint density at radius 3 is 2.00 bits per heavy atom. The van der Waals surface area contributed by atoms with Crippen LogP contribution >= 0.6 is 47.0 Å². The molecule has 0 unspecified atom stereocenters. The van der Waals surface area contributed by atoms with Gasteiger partial charge in [0.2, 0.25) is 0 Å². The second-order valence-electron chi connectivity index (χ2n) is 3.74. The molecule has 5 heteroatoms. The van der Waals surface area contributed by atoms with E-state index >= 15 is 0 Å². The maximum atomic E-state index is 4.42. The Kier molecular flexibility index (Phi) is 2.87. The van der Waals surface area contributed by atoms with Gasteiger partial charge in [0.05, 0.1) is 8.47 Å². The molecule has 0 spiro atoms. The first-order valence-corrected chi connectivity index (χ1v) is 8.66. The number of nitrogens with zero attached hydrogens (tertiary/aromatic N) is 1. The summed E-state index contributed by atoms with van der Waals surface area (Å²) in [5, 5.41) is 1.14. The number of hydrogen-bond donors (Lipinski definition) is 0. The molecule has 88 valence electrons. The van der Waals surface area contributed by atoms with E-state index in [1.807, 2.05) is 47.5 Å². The van der Waals surface area contributed by atoms with Crippen LogP contribution in [-0.4, -0.2) is 4.98 Å². The average Bonchev–Trinajstić information content (AvgIpc) is 3.02. The molecule has 1 aromatic heterocycles. The van der Waals surface area contributed by atoms with E-state index in [9.17, 15) is 0 Å². The Balaban J connectivity index is 1.70. The third kappa shape index (κ3) is 1.90. The zero-order valence-electron chi connectivity index (χ0n) is 9.12. The Bertz CT molecular complexity index is 554. The van der Waals surface area contributed by atoms with Gasteiger partial charge in [0, 0.05) is 20.9 Å². The Labute approximate surface area is 122 Å². The summed E-state index contributed by atoms with van der Waals surface area (Å²) in [7, 11) is 0. The van der Waals surface area contributed by atoms with Gasteiger partial charge in [-0.15, -0.1) is 0 Å². The lowest BCUT2D eigenvalue weighted by Crippen LogP contribution is -1.73. The van der Waals surface area contributed by atoms with Crippen LogP contribution in [0.1, 0.15) is 0 Å². The molecule has 0 N–H and O–H groups in total. The lowest BCUT2D eigenvalue weighted by atomic mass is 10.4. The van der Waals surface area contributed by atoms with E-state index in [1.54, 1.807) is 11.8 Å². The summed E-state index contributed by atoms with van der Waals surface area (Å²) < 4.78 is 2.76. The number of hydrogen-bond acceptors (Lipinski definition) is 5. The van der Waals surface area contributed by atoms with Crippen molar-refractivity contribution in [2.45, 2.75) is 19.7 Å². The zero-order valence-corrected chi connectivity index (χ0v) is 12.4. The molecule has 0 saturated heterocycles. The Morgan fingerprint density at radius 1 is 0.667 bits per heavy atom. The van der Waals surface area contributed by atoms with Gasteiger partial charge in [0.1, 0.15) is 5.03 Å². The molecule has 0 amide bonds. The van der Waals surface area contributed by atoms with E-state index in [-0.39, 0.29) is 0 Å². The quantitative estimate of drug-likeness (QED) is 0.652. The van der Waals surface area contributed by atoms with Crippen LogP contribution in [0.25, 0.3) is 0 Å². The maximum Gasteiger partial charge on any atom is 0.115 e. The van der Waals surface area contributed by atoms with Crippen LogP contribution in [-0.2, 0) is 0 Å². The summed E-state index contributed by atoms with van der Waals surface area (Å²) in [6, 6.07) is 12.7. The molecule has 2 aliphatic rings. The molecule has 0 bridgehead atoms. The monoisotopic (exact) mass is 305 g/mol. The van der Waals surface area contributed by atoms with Crippen molar-refractivity contribution in [2.75, 3.05) is 0 Å². The highest BCUT2D eigenvalue weighted by Gasteiger charge is 2.26. The first-order valence-electron chi connectivity index (χ1n) is 5.40. The fourth-order valence-corrected chi connectivity index (χ4v) is 6.93. The van der Waals surface area contributed by atoms with Crippen molar-refractivity contribution in [3.63, 3.8) is 0 Å². The van der Waals surface area contributed by atoms with Crippen molar-refractivity contribution < 1.29 is 0 Å². The second kappa shape index (κ2) is 4.56. The van der Waals surface area contributed by atoms with Crippen molar-refractivity contribution in [1.29, 1.82) is 0 Å². The van der Waals surface area contributed by atoms with Crippen LogP contribution in [0.5, 0.6) is 0 Å². The molecule has 0 aliphatic carbocycles. The van der Waals surface area contributed by atoms with Crippen molar-refractivity contribution in [3.8, 4) is 0 Å². The predicted octanol–water partition coefficient (Wildman–Crippen LogP) is 5.30. The van der Waals surface area contributed by atoms with Gasteiger partial charge >= 0.3 is 0 Å². The minimum absolute atomic E-state index is 1.14. The number of thioether (sulfide) groups is 4. The molecule has 1 aromatic carbocycles. The van der Waals surface area contributed by atoms with Gasteiger partial charge < -0.3 is 0 Å². The molecule has 2 aliphatic heterocycles. The van der Waals surface area contributed by atoms with Gasteiger partial charge in [0.25, 0.3) is 0 Å². The molecular formula is C13H7NS4. The molecule has 1 nitrogen and oxygen atoms in total. The Morgan fingerprint density at radius 2 is 1.28 bits per heavy atom. The summed E-state index contributed by atoms with van der Waals surface area (Å²) in [5.74, 6) is 0. The molecule has 0 radical (unpaired) electrons. The van der Waals surface area contributed by atoms with E-state index in [2.05, 4.69) is 35.3 Å². The molecule has 2 aromatic rings. The van der Waals surface area contributed by atoms with Crippen LogP contribution in [0.2, 0.25) is 0 Å². The standard InChI is InChI=1S/C13H7NS4/c1-2-5-9-8(4-1)15-12(16-9)13-17-10-6-3-7-14-11(10)18-13/h1-7H. The SMILES string of the molecule is c1ccc2c(c1)SC(=C1Sc3cccnc3S1)S2. The van der Waals surface area contributed by atoms with Crippen LogP contribution in [0, 0.1) is 0 Å². The van der Waals surface area contributed by atoms with Gasteiger partial charge in [-0.2, -0.15) is 0 Å². The minimum atomic E-state index is 1.14. The third-order valence-electron chi connectivity index (χ3n) is 2.55. The van der Waals surface area contributed by atoms with Gasteiger partial charge in [-0.3, -0.25) is 0 Å². The Hall–Kier alpha value is -0.490. The van der Waals surface area contributed by atoms with E-state index in [1.165, 1.54) is 23.2 Å². The number of rotatable bonds is 0. The number of pyridine rings is 1. The lowest BCUT2D eigenvalue weighted by Gasteiger charge is -1.98. The number of aromatic nitrogens is 1. The van der Waals surface area contributed by atoms with Gasteiger partial charge in [0.15, 0.2) is 0 Å². The number of benzene rings is 1. The van der Waals surface area contributed by atoms with Crippen LogP contribution in [0.3, 0.4) is 0 Å². The van der Waals surface area contributed by atoms with E-state index < -0.39 is 0 Å². The van der Waals surface area contributed by atoms with Gasteiger partial charge in [-0.1, -0.05) is 59.2 Å². The third-order valence-corrected chi connectivity index (χ3v) is 8.10. The molecular weight excluding hydrogens is 298 g/mol. The molecule has 3 heterocycles. The molecule has 0 saturated carbocycles. The summed E-state index contributed by atoms with van der Waals surface area (Å²) >= 11 is 7.39. The molecule has 0 fully saturated rings. The fourth-order valence-electron chi connectivity index (χ4n) is 1.74. The van der Waals surface area contributed by atoms with Crippen LogP contribution in [0.4, 0.5) is 0 Å². The van der Waals surface area contributed by atoms with E-state index in [4.69, 9.17) is 0 Å². The zero-order chi connectivity index (χ0) is 11.9. The maximum absolute atomic E-state index is 4.42. The first-order chi connectivity index (χ1) is 8.90. The highest BCUT2D eigenvalue weighted by atomic mass is 32.2. The normalized spacial score (nSPS) is 16.9. The van der Waals surface area contributed by atoms with Gasteiger partial charge in [-0.05, 0) is 24.3 Å². The average molecular weight is 305 g/mol. The fraction of sp³-hybridized carbons (Fsp3) is 0. The molecule has 0 atom stereocenters. The topological polar surface area (TPSA) is 12.9 Å². The van der Waals surface area contributed by atoms with Crippen LogP contribution < -0.4 is 0 Å². The number of fused-ring (bicyclic) bond motifs is 2. The highest BCUT2D eigenvalue weighted by molar-refractivity contribution is 8.30. The van der Waals surface area contributed by atoms with Crippen molar-refractivity contribution >= 4 is 47.0 Å². The largest absolute Gasteiger partial charge is 0.248 e. The van der Waals surface area contributed by atoms with Crippen LogP contribution in [0.15, 0.2) is 70.8 Å². The molecule has 4 rings (SSSR count). The predicted molar refractivity (Wildman–Crippen MR) is 81.1 cm³/mol. The summed E-state index contributed by atoms with van der Waals surface area (Å²) in [5.41, 5.74) is 0.